The highest BCUT2D eigenvalue weighted by Gasteiger charge is 2.35. The van der Waals surface area contributed by atoms with E-state index in [1.54, 1.807) is 12.1 Å². The van der Waals surface area contributed by atoms with E-state index < -0.39 is 10.0 Å². The van der Waals surface area contributed by atoms with E-state index in [0.717, 1.165) is 17.7 Å². The highest BCUT2D eigenvalue weighted by Crippen LogP contribution is 2.37. The van der Waals surface area contributed by atoms with Crippen LogP contribution in [0.25, 0.3) is 0 Å². The summed E-state index contributed by atoms with van der Waals surface area (Å²) in [6.45, 7) is 3.94. The molecule has 0 saturated heterocycles. The quantitative estimate of drug-likeness (QED) is 0.817. The molecule has 0 aromatic heterocycles. The zero-order chi connectivity index (χ0) is 18.6. The standard InChI is InChI=1S/C20H22N2O3S/c1-13-10-15-6-4-5-7-18(15)21(13)20(23)16-8-9-19-17(12-16)11-14(2)22(19)26(3,24)25/h4-9,12-14H,10-11H2,1-3H3. The van der Waals surface area contributed by atoms with Crippen LogP contribution in [0.2, 0.25) is 0 Å². The van der Waals surface area contributed by atoms with Crippen molar-refractivity contribution in [2.75, 3.05) is 15.5 Å². The maximum atomic E-state index is 13.2. The predicted octanol–water partition coefficient (Wildman–Crippen LogP) is 2.99. The summed E-state index contributed by atoms with van der Waals surface area (Å²) in [4.78, 5) is 15.0. The summed E-state index contributed by atoms with van der Waals surface area (Å²) in [6.07, 6.45) is 2.70. The first-order chi connectivity index (χ1) is 12.3. The van der Waals surface area contributed by atoms with Gasteiger partial charge in [-0.25, -0.2) is 8.42 Å². The summed E-state index contributed by atoms with van der Waals surface area (Å²) in [5, 5.41) is 0. The number of carbonyl (C=O) groups is 1. The number of amides is 1. The molecular weight excluding hydrogens is 348 g/mol. The smallest absolute Gasteiger partial charge is 0.258 e. The molecule has 2 aromatic rings. The molecule has 2 aliphatic heterocycles. The number of rotatable bonds is 2. The fraction of sp³-hybridized carbons (Fsp3) is 0.350. The van der Waals surface area contributed by atoms with E-state index in [1.165, 1.54) is 16.1 Å². The van der Waals surface area contributed by atoms with E-state index in [-0.39, 0.29) is 18.0 Å². The fourth-order valence-corrected chi connectivity index (χ4v) is 5.52. The van der Waals surface area contributed by atoms with Gasteiger partial charge < -0.3 is 4.90 Å². The van der Waals surface area contributed by atoms with E-state index in [1.807, 2.05) is 36.1 Å². The van der Waals surface area contributed by atoms with Crippen molar-refractivity contribution < 1.29 is 13.2 Å². The van der Waals surface area contributed by atoms with Gasteiger partial charge in [0.05, 0.1) is 11.9 Å². The molecule has 0 saturated carbocycles. The molecule has 2 aliphatic rings. The molecule has 1 amide bonds. The van der Waals surface area contributed by atoms with Crippen LogP contribution in [-0.4, -0.2) is 32.7 Å². The zero-order valence-electron chi connectivity index (χ0n) is 15.1. The first-order valence-electron chi connectivity index (χ1n) is 8.81. The molecular formula is C20H22N2O3S. The number of fused-ring (bicyclic) bond motifs is 2. The second kappa shape index (κ2) is 5.84. The molecule has 26 heavy (non-hydrogen) atoms. The number of sulfonamides is 1. The van der Waals surface area contributed by atoms with Gasteiger partial charge in [0.2, 0.25) is 10.0 Å². The number of hydrogen-bond acceptors (Lipinski definition) is 3. The van der Waals surface area contributed by atoms with Gasteiger partial charge in [-0.3, -0.25) is 9.10 Å². The van der Waals surface area contributed by atoms with E-state index >= 15 is 0 Å². The van der Waals surface area contributed by atoms with E-state index in [4.69, 9.17) is 0 Å². The highest BCUT2D eigenvalue weighted by molar-refractivity contribution is 7.92. The highest BCUT2D eigenvalue weighted by atomic mass is 32.2. The predicted molar refractivity (Wildman–Crippen MR) is 103 cm³/mol. The first-order valence-corrected chi connectivity index (χ1v) is 10.7. The molecule has 2 unspecified atom stereocenters. The lowest BCUT2D eigenvalue weighted by atomic mass is 10.1. The monoisotopic (exact) mass is 370 g/mol. The van der Waals surface area contributed by atoms with Crippen LogP contribution in [0, 0.1) is 0 Å². The van der Waals surface area contributed by atoms with Gasteiger partial charge in [0.15, 0.2) is 0 Å². The van der Waals surface area contributed by atoms with Crippen LogP contribution in [0.3, 0.4) is 0 Å². The Kier molecular flexibility index (Phi) is 3.84. The minimum absolute atomic E-state index is 0.0318. The van der Waals surface area contributed by atoms with Gasteiger partial charge in [-0.2, -0.15) is 0 Å². The average molecular weight is 370 g/mol. The number of carbonyl (C=O) groups excluding carboxylic acids is 1. The van der Waals surface area contributed by atoms with Crippen molar-refractivity contribution in [2.24, 2.45) is 0 Å². The summed E-state index contributed by atoms with van der Waals surface area (Å²) in [5.74, 6) is -0.0318. The van der Waals surface area contributed by atoms with Gasteiger partial charge >= 0.3 is 0 Å². The SMILES string of the molecule is CC1Cc2ccccc2N1C(=O)c1ccc2c(c1)CC(C)N2S(C)(=O)=O. The van der Waals surface area contributed by atoms with Crippen molar-refractivity contribution in [1.82, 2.24) is 0 Å². The molecule has 2 heterocycles. The Labute approximate surface area is 154 Å². The molecule has 0 aliphatic carbocycles. The topological polar surface area (TPSA) is 57.7 Å². The largest absolute Gasteiger partial charge is 0.305 e. The van der Waals surface area contributed by atoms with Crippen molar-refractivity contribution in [1.29, 1.82) is 0 Å². The van der Waals surface area contributed by atoms with Crippen LogP contribution in [0.1, 0.15) is 35.3 Å². The summed E-state index contributed by atoms with van der Waals surface area (Å²) in [5.41, 5.74) is 4.36. The average Bonchev–Trinajstić information content (AvgIpc) is 3.08. The lowest BCUT2D eigenvalue weighted by Gasteiger charge is -2.24. The van der Waals surface area contributed by atoms with Crippen LogP contribution in [0.15, 0.2) is 42.5 Å². The number of hydrogen-bond donors (Lipinski definition) is 0. The Hall–Kier alpha value is -2.34. The molecule has 0 radical (unpaired) electrons. The number of nitrogens with zero attached hydrogens (tertiary/aromatic N) is 2. The Bertz CT molecular complexity index is 1000. The van der Waals surface area contributed by atoms with Gasteiger partial charge in [0.25, 0.3) is 5.91 Å². The molecule has 4 rings (SSSR count). The molecule has 2 atom stereocenters. The van der Waals surface area contributed by atoms with Gasteiger partial charge in [-0.05, 0) is 62.1 Å². The van der Waals surface area contributed by atoms with Crippen LogP contribution < -0.4 is 9.21 Å². The molecule has 6 heteroatoms. The van der Waals surface area contributed by atoms with E-state index in [0.29, 0.717) is 17.7 Å². The minimum atomic E-state index is -3.32. The van der Waals surface area contributed by atoms with Crippen LogP contribution >= 0.6 is 0 Å². The summed E-state index contributed by atoms with van der Waals surface area (Å²) < 4.78 is 25.6. The van der Waals surface area contributed by atoms with Crippen molar-refractivity contribution in [3.8, 4) is 0 Å². The third-order valence-electron chi connectivity index (χ3n) is 5.26. The molecule has 136 valence electrons. The van der Waals surface area contributed by atoms with Crippen LogP contribution in [-0.2, 0) is 22.9 Å². The fourth-order valence-electron chi connectivity index (χ4n) is 4.26. The van der Waals surface area contributed by atoms with Gasteiger partial charge in [0, 0.05) is 23.3 Å². The maximum absolute atomic E-state index is 13.2. The lowest BCUT2D eigenvalue weighted by molar-refractivity contribution is 0.0981. The summed E-state index contributed by atoms with van der Waals surface area (Å²) in [7, 11) is -3.32. The third kappa shape index (κ3) is 2.60. The first kappa shape index (κ1) is 17.1. The molecule has 0 fully saturated rings. The molecule has 0 N–H and O–H groups in total. The summed E-state index contributed by atoms with van der Waals surface area (Å²) in [6, 6.07) is 13.3. The van der Waals surface area contributed by atoms with Crippen molar-refractivity contribution in [3.63, 3.8) is 0 Å². The van der Waals surface area contributed by atoms with Gasteiger partial charge in [-0.15, -0.1) is 0 Å². The Morgan fingerprint density at radius 1 is 0.962 bits per heavy atom. The Balaban J connectivity index is 1.71. The molecule has 2 aromatic carbocycles. The minimum Gasteiger partial charge on any atom is -0.305 e. The van der Waals surface area contributed by atoms with Crippen LogP contribution in [0.5, 0.6) is 0 Å². The second-order valence-electron chi connectivity index (χ2n) is 7.31. The maximum Gasteiger partial charge on any atom is 0.258 e. The molecule has 5 nitrogen and oxygen atoms in total. The second-order valence-corrected chi connectivity index (χ2v) is 9.17. The normalized spacial score (nSPS) is 21.7. The zero-order valence-corrected chi connectivity index (χ0v) is 16.0. The number of anilines is 2. The molecule has 0 spiro atoms. The Morgan fingerprint density at radius 3 is 2.38 bits per heavy atom. The van der Waals surface area contributed by atoms with E-state index in [9.17, 15) is 13.2 Å². The summed E-state index contributed by atoms with van der Waals surface area (Å²) >= 11 is 0. The van der Waals surface area contributed by atoms with Gasteiger partial charge in [-0.1, -0.05) is 18.2 Å². The van der Waals surface area contributed by atoms with Gasteiger partial charge in [0.1, 0.15) is 0 Å². The number of benzene rings is 2. The lowest BCUT2D eigenvalue weighted by Crippen LogP contribution is -2.35. The van der Waals surface area contributed by atoms with Crippen LogP contribution in [0.4, 0.5) is 11.4 Å². The Morgan fingerprint density at radius 2 is 1.65 bits per heavy atom. The number of para-hydroxylation sites is 1. The third-order valence-corrected chi connectivity index (χ3v) is 6.53. The van der Waals surface area contributed by atoms with Crippen molar-refractivity contribution in [3.05, 3.63) is 59.2 Å². The molecule has 0 bridgehead atoms. The van der Waals surface area contributed by atoms with Crippen molar-refractivity contribution in [2.45, 2.75) is 38.8 Å². The van der Waals surface area contributed by atoms with E-state index in [2.05, 4.69) is 13.0 Å². The van der Waals surface area contributed by atoms with Crippen molar-refractivity contribution >= 4 is 27.3 Å².